The third kappa shape index (κ3) is 3.08. The number of ether oxygens (including phenoxy) is 1. The van der Waals surface area contributed by atoms with Gasteiger partial charge in [0.05, 0.1) is 4.92 Å². The van der Waals surface area contributed by atoms with Gasteiger partial charge >= 0.3 is 5.97 Å². The topological polar surface area (TPSA) is 102 Å². The van der Waals surface area contributed by atoms with Crippen molar-refractivity contribution in [2.75, 3.05) is 18.5 Å². The van der Waals surface area contributed by atoms with Crippen LogP contribution in [0.4, 0.5) is 11.4 Å². The van der Waals surface area contributed by atoms with Crippen LogP contribution in [0.15, 0.2) is 12.1 Å². The number of anilines is 1. The Morgan fingerprint density at radius 3 is 2.62 bits per heavy atom. The smallest absolute Gasteiger partial charge is 0.329 e. The molecular weight excluding hydrogens is 300 g/mol. The molecule has 114 valence electrons. The first-order valence-electron chi connectivity index (χ1n) is 6.39. The molecule has 2 rings (SSSR count). The van der Waals surface area contributed by atoms with Gasteiger partial charge in [-0.25, -0.2) is 4.79 Å². The summed E-state index contributed by atoms with van der Waals surface area (Å²) in [5.41, 5.74) is -0.285. The minimum Gasteiger partial charge on any atom is -0.480 e. The number of aliphatic carboxylic acids is 1. The molecule has 1 fully saturated rings. The third-order valence-corrected chi connectivity index (χ3v) is 3.92. The lowest BCUT2D eigenvalue weighted by Gasteiger charge is -2.35. The molecule has 0 unspecified atom stereocenters. The lowest BCUT2D eigenvalue weighted by molar-refractivity contribution is -0.384. The summed E-state index contributed by atoms with van der Waals surface area (Å²) in [7, 11) is 0. The zero-order valence-electron chi connectivity index (χ0n) is 11.4. The molecule has 1 aromatic carbocycles. The molecule has 0 amide bonds. The molecule has 2 N–H and O–H groups in total. The summed E-state index contributed by atoms with van der Waals surface area (Å²) in [4.78, 5) is 21.9. The van der Waals surface area contributed by atoms with Crippen LogP contribution < -0.4 is 5.32 Å². The molecule has 0 aliphatic carbocycles. The summed E-state index contributed by atoms with van der Waals surface area (Å²) < 4.78 is 5.20. The fraction of sp³-hybridized carbons (Fsp3) is 0.462. The number of halogens is 1. The normalized spacial score (nSPS) is 17.2. The van der Waals surface area contributed by atoms with E-state index in [0.717, 1.165) is 0 Å². The molecule has 1 aliphatic rings. The average molecular weight is 315 g/mol. The second-order valence-corrected chi connectivity index (χ2v) is 5.41. The highest BCUT2D eigenvalue weighted by atomic mass is 35.5. The number of carboxylic acids is 1. The van der Waals surface area contributed by atoms with Gasteiger partial charge in [-0.2, -0.15) is 0 Å². The zero-order valence-corrected chi connectivity index (χ0v) is 12.1. The Morgan fingerprint density at radius 2 is 2.10 bits per heavy atom. The SMILES string of the molecule is Cc1cc([N+](=O)[O-])c(Cl)cc1NC1(C(=O)O)CCOCC1. The maximum Gasteiger partial charge on any atom is 0.329 e. The molecule has 0 atom stereocenters. The molecule has 0 spiro atoms. The second-order valence-electron chi connectivity index (χ2n) is 5.00. The first kappa shape index (κ1) is 15.5. The van der Waals surface area contributed by atoms with Crippen molar-refractivity contribution in [3.05, 3.63) is 32.8 Å². The van der Waals surface area contributed by atoms with E-state index in [9.17, 15) is 20.0 Å². The van der Waals surface area contributed by atoms with Crippen molar-refractivity contribution in [1.82, 2.24) is 0 Å². The number of aryl methyl sites for hydroxylation is 1. The standard InChI is InChI=1S/C13H15ClN2O5/c1-8-6-11(16(19)20)9(14)7-10(8)15-13(12(17)18)2-4-21-5-3-13/h6-7,15H,2-5H2,1H3,(H,17,18). The molecule has 1 aromatic rings. The van der Waals surface area contributed by atoms with E-state index >= 15 is 0 Å². The van der Waals surface area contributed by atoms with Gasteiger partial charge in [-0.05, 0) is 18.6 Å². The fourth-order valence-corrected chi connectivity index (χ4v) is 2.54. The monoisotopic (exact) mass is 314 g/mol. The van der Waals surface area contributed by atoms with E-state index in [0.29, 0.717) is 37.3 Å². The van der Waals surface area contributed by atoms with E-state index in [1.807, 2.05) is 0 Å². The minimum absolute atomic E-state index is 0.0271. The van der Waals surface area contributed by atoms with E-state index < -0.39 is 16.4 Å². The number of nitro benzene ring substituents is 1. The van der Waals surface area contributed by atoms with Crippen molar-refractivity contribution >= 4 is 28.9 Å². The predicted molar refractivity (Wildman–Crippen MR) is 76.9 cm³/mol. The molecule has 0 aromatic heterocycles. The van der Waals surface area contributed by atoms with Crippen LogP contribution in [0.3, 0.4) is 0 Å². The van der Waals surface area contributed by atoms with E-state index in [1.165, 1.54) is 12.1 Å². The van der Waals surface area contributed by atoms with Crippen LogP contribution in [0.1, 0.15) is 18.4 Å². The first-order valence-corrected chi connectivity index (χ1v) is 6.77. The summed E-state index contributed by atoms with van der Waals surface area (Å²) in [6.45, 7) is 2.36. The Morgan fingerprint density at radius 1 is 1.48 bits per heavy atom. The second kappa shape index (κ2) is 5.87. The third-order valence-electron chi connectivity index (χ3n) is 3.62. The van der Waals surface area contributed by atoms with Crippen LogP contribution >= 0.6 is 11.6 Å². The predicted octanol–water partition coefficient (Wildman–Crippen LogP) is 2.60. The molecule has 1 saturated heterocycles. The number of nitrogens with zero attached hydrogens (tertiary/aromatic N) is 1. The van der Waals surface area contributed by atoms with Gasteiger partial charge in [0.25, 0.3) is 5.69 Å². The maximum absolute atomic E-state index is 11.6. The molecule has 0 bridgehead atoms. The summed E-state index contributed by atoms with van der Waals surface area (Å²) >= 11 is 5.89. The van der Waals surface area contributed by atoms with Gasteiger partial charge < -0.3 is 15.2 Å². The van der Waals surface area contributed by atoms with Crippen LogP contribution in [-0.2, 0) is 9.53 Å². The van der Waals surface area contributed by atoms with Crippen LogP contribution in [0.5, 0.6) is 0 Å². The Labute approximate surface area is 126 Å². The molecular formula is C13H15ClN2O5. The van der Waals surface area contributed by atoms with Crippen molar-refractivity contribution in [3.63, 3.8) is 0 Å². The van der Waals surface area contributed by atoms with E-state index in [1.54, 1.807) is 6.92 Å². The average Bonchev–Trinajstić information content (AvgIpc) is 2.43. The number of hydrogen-bond donors (Lipinski definition) is 2. The van der Waals surface area contributed by atoms with Gasteiger partial charge in [0.1, 0.15) is 10.6 Å². The Kier molecular flexibility index (Phi) is 4.34. The van der Waals surface area contributed by atoms with Gasteiger partial charge in [-0.3, -0.25) is 10.1 Å². The highest BCUT2D eigenvalue weighted by Gasteiger charge is 2.40. The van der Waals surface area contributed by atoms with E-state index in [2.05, 4.69) is 5.32 Å². The minimum atomic E-state index is -1.14. The van der Waals surface area contributed by atoms with Gasteiger partial charge in [0, 0.05) is 37.8 Å². The number of carbonyl (C=O) groups is 1. The number of nitro groups is 1. The lowest BCUT2D eigenvalue weighted by atomic mass is 9.89. The van der Waals surface area contributed by atoms with Crippen molar-refractivity contribution in [2.24, 2.45) is 0 Å². The Hall–Kier alpha value is -1.86. The maximum atomic E-state index is 11.6. The molecule has 8 heteroatoms. The summed E-state index contributed by atoms with van der Waals surface area (Å²) in [6.07, 6.45) is 0.632. The molecule has 0 radical (unpaired) electrons. The lowest BCUT2D eigenvalue weighted by Crippen LogP contribution is -2.50. The van der Waals surface area contributed by atoms with E-state index in [-0.39, 0.29) is 10.7 Å². The van der Waals surface area contributed by atoms with Gasteiger partial charge in [-0.15, -0.1) is 0 Å². The molecule has 1 aliphatic heterocycles. The Bertz CT molecular complexity index is 584. The summed E-state index contributed by atoms with van der Waals surface area (Å²) in [5, 5.41) is 23.3. The van der Waals surface area contributed by atoms with Crippen molar-refractivity contribution in [3.8, 4) is 0 Å². The molecule has 0 saturated carbocycles. The number of nitrogens with one attached hydrogen (secondary N) is 1. The number of benzene rings is 1. The molecule has 7 nitrogen and oxygen atoms in total. The van der Waals surface area contributed by atoms with Gasteiger partial charge in [0.2, 0.25) is 0 Å². The summed E-state index contributed by atoms with van der Waals surface area (Å²) in [5.74, 6) is -0.973. The molecule has 21 heavy (non-hydrogen) atoms. The molecule has 1 heterocycles. The van der Waals surface area contributed by atoms with Crippen LogP contribution in [0.2, 0.25) is 5.02 Å². The highest BCUT2D eigenvalue weighted by Crippen LogP contribution is 2.34. The van der Waals surface area contributed by atoms with Gasteiger partial charge in [-0.1, -0.05) is 11.6 Å². The van der Waals surface area contributed by atoms with Crippen LogP contribution in [-0.4, -0.2) is 34.8 Å². The first-order chi connectivity index (χ1) is 9.85. The summed E-state index contributed by atoms with van der Waals surface area (Å²) in [6, 6.07) is 2.73. The van der Waals surface area contributed by atoms with E-state index in [4.69, 9.17) is 16.3 Å². The van der Waals surface area contributed by atoms with Crippen LogP contribution in [0, 0.1) is 17.0 Å². The van der Waals surface area contributed by atoms with Crippen molar-refractivity contribution in [1.29, 1.82) is 0 Å². The quantitative estimate of drug-likeness (QED) is 0.654. The zero-order chi connectivity index (χ0) is 15.6. The fourth-order valence-electron chi connectivity index (χ4n) is 2.31. The Balaban J connectivity index is 2.35. The van der Waals surface area contributed by atoms with Crippen molar-refractivity contribution < 1.29 is 19.6 Å². The van der Waals surface area contributed by atoms with Gasteiger partial charge in [0.15, 0.2) is 0 Å². The number of hydrogen-bond acceptors (Lipinski definition) is 5. The van der Waals surface area contributed by atoms with Crippen molar-refractivity contribution in [2.45, 2.75) is 25.3 Å². The largest absolute Gasteiger partial charge is 0.480 e. The number of rotatable bonds is 4. The number of carboxylic acid groups (broad SMARTS) is 1. The van der Waals surface area contributed by atoms with Crippen LogP contribution in [0.25, 0.3) is 0 Å². The highest BCUT2D eigenvalue weighted by molar-refractivity contribution is 6.33.